The van der Waals surface area contributed by atoms with Crippen LogP contribution in [0.15, 0.2) is 54.6 Å². The second-order valence-corrected chi connectivity index (χ2v) is 4.09. The summed E-state index contributed by atoms with van der Waals surface area (Å²) in [7, 11) is 0. The van der Waals surface area contributed by atoms with E-state index in [1.54, 1.807) is 0 Å². The molecule has 0 amide bonds. The van der Waals surface area contributed by atoms with Crippen LogP contribution in [0.4, 0.5) is 8.78 Å². The largest absolute Gasteiger partial charge is 0.458 e. The highest BCUT2D eigenvalue weighted by Gasteiger charge is 2.02. The van der Waals surface area contributed by atoms with Crippen LogP contribution >= 0.6 is 0 Å². The van der Waals surface area contributed by atoms with Crippen LogP contribution in [-0.4, -0.2) is 5.97 Å². The zero-order valence-electron chi connectivity index (χ0n) is 10.6. The minimum absolute atomic E-state index is 0.00154. The summed E-state index contributed by atoms with van der Waals surface area (Å²) < 4.78 is 31.2. The molecule has 0 atom stereocenters. The van der Waals surface area contributed by atoms with E-state index in [0.717, 1.165) is 29.8 Å². The highest BCUT2D eigenvalue weighted by Crippen LogP contribution is 2.11. The Morgan fingerprint density at radius 1 is 1.10 bits per heavy atom. The van der Waals surface area contributed by atoms with Gasteiger partial charge in [0.1, 0.15) is 18.2 Å². The molecule has 4 heteroatoms. The summed E-state index contributed by atoms with van der Waals surface area (Å²) in [6, 6.07) is 12.2. The number of carbonyl (C=O) groups is 1. The smallest absolute Gasteiger partial charge is 0.331 e. The van der Waals surface area contributed by atoms with Gasteiger partial charge < -0.3 is 4.74 Å². The molecule has 0 aliphatic carbocycles. The first-order valence-electron chi connectivity index (χ1n) is 5.99. The molecule has 0 radical (unpaired) electrons. The van der Waals surface area contributed by atoms with Gasteiger partial charge in [-0.1, -0.05) is 30.3 Å². The van der Waals surface area contributed by atoms with Crippen molar-refractivity contribution in [3.8, 4) is 0 Å². The van der Waals surface area contributed by atoms with E-state index < -0.39 is 17.6 Å². The van der Waals surface area contributed by atoms with Gasteiger partial charge in [-0.2, -0.15) is 0 Å². The normalized spacial score (nSPS) is 10.7. The van der Waals surface area contributed by atoms with Crippen molar-refractivity contribution in [3.63, 3.8) is 0 Å². The summed E-state index contributed by atoms with van der Waals surface area (Å²) in [5, 5.41) is 0. The van der Waals surface area contributed by atoms with Crippen molar-refractivity contribution in [2.45, 2.75) is 6.61 Å². The summed E-state index contributed by atoms with van der Waals surface area (Å²) in [5.74, 6) is -1.78. The number of carbonyl (C=O) groups excluding carboxylic acids is 1. The van der Waals surface area contributed by atoms with Crippen LogP contribution < -0.4 is 0 Å². The Balaban J connectivity index is 1.94. The fourth-order valence-corrected chi connectivity index (χ4v) is 1.58. The lowest BCUT2D eigenvalue weighted by molar-refractivity contribution is -0.138. The van der Waals surface area contributed by atoms with Gasteiger partial charge in [0, 0.05) is 11.6 Å². The molecule has 0 aromatic heterocycles. The number of hydrogen-bond donors (Lipinski definition) is 0. The lowest BCUT2D eigenvalue weighted by atomic mass is 10.2. The molecule has 2 aromatic rings. The van der Waals surface area contributed by atoms with Gasteiger partial charge in [0.15, 0.2) is 0 Å². The minimum atomic E-state index is -0.613. The summed E-state index contributed by atoms with van der Waals surface area (Å²) in [5.41, 5.74) is 0.854. The molecule has 2 aromatic carbocycles. The lowest BCUT2D eigenvalue weighted by Crippen LogP contribution is -2.00. The van der Waals surface area contributed by atoms with Gasteiger partial charge in [-0.05, 0) is 29.8 Å². The van der Waals surface area contributed by atoms with E-state index in [0.29, 0.717) is 0 Å². The van der Waals surface area contributed by atoms with E-state index in [1.165, 1.54) is 6.08 Å². The van der Waals surface area contributed by atoms with Gasteiger partial charge >= 0.3 is 5.97 Å². The number of ether oxygens (including phenoxy) is 1. The Labute approximate surface area is 115 Å². The molecule has 0 unspecified atom stereocenters. The quantitative estimate of drug-likeness (QED) is 0.627. The average Bonchev–Trinajstić information content (AvgIpc) is 2.47. The SMILES string of the molecule is O=C(/C=C/c1cc(F)ccc1F)OCc1ccccc1. The Morgan fingerprint density at radius 3 is 2.60 bits per heavy atom. The lowest BCUT2D eigenvalue weighted by Gasteiger charge is -2.01. The minimum Gasteiger partial charge on any atom is -0.458 e. The van der Waals surface area contributed by atoms with Crippen molar-refractivity contribution in [2.75, 3.05) is 0 Å². The van der Waals surface area contributed by atoms with Crippen molar-refractivity contribution in [1.82, 2.24) is 0 Å². The Bertz CT molecular complexity index is 622. The molecule has 0 saturated carbocycles. The zero-order valence-corrected chi connectivity index (χ0v) is 10.6. The molecule has 102 valence electrons. The summed E-state index contributed by atoms with van der Waals surface area (Å²) in [4.78, 5) is 11.5. The molecular formula is C16H12F2O2. The number of esters is 1. The van der Waals surface area contributed by atoms with Crippen molar-refractivity contribution < 1.29 is 18.3 Å². The molecule has 0 saturated heterocycles. The van der Waals surface area contributed by atoms with Crippen molar-refractivity contribution in [2.24, 2.45) is 0 Å². The molecule has 0 spiro atoms. The molecule has 2 nitrogen and oxygen atoms in total. The molecular weight excluding hydrogens is 262 g/mol. The monoisotopic (exact) mass is 274 g/mol. The second kappa shape index (κ2) is 6.61. The van der Waals surface area contributed by atoms with Crippen LogP contribution in [0.1, 0.15) is 11.1 Å². The van der Waals surface area contributed by atoms with Gasteiger partial charge in [-0.3, -0.25) is 0 Å². The van der Waals surface area contributed by atoms with Gasteiger partial charge in [-0.15, -0.1) is 0 Å². The first-order valence-corrected chi connectivity index (χ1v) is 5.99. The van der Waals surface area contributed by atoms with Crippen molar-refractivity contribution in [1.29, 1.82) is 0 Å². The second-order valence-electron chi connectivity index (χ2n) is 4.09. The summed E-state index contributed by atoms with van der Waals surface area (Å²) >= 11 is 0. The average molecular weight is 274 g/mol. The standard InChI is InChI=1S/C16H12F2O2/c17-14-7-8-15(18)13(10-14)6-9-16(19)20-11-12-4-2-1-3-5-12/h1-10H,11H2/b9-6+. The maximum atomic E-state index is 13.3. The van der Waals surface area contributed by atoms with Crippen molar-refractivity contribution >= 4 is 12.0 Å². The highest BCUT2D eigenvalue weighted by molar-refractivity contribution is 5.87. The molecule has 0 aliphatic rings. The zero-order chi connectivity index (χ0) is 14.4. The van der Waals surface area contributed by atoms with Crippen LogP contribution in [0.2, 0.25) is 0 Å². The van der Waals surface area contributed by atoms with Crippen molar-refractivity contribution in [3.05, 3.63) is 77.4 Å². The van der Waals surface area contributed by atoms with E-state index in [9.17, 15) is 13.6 Å². The fourth-order valence-electron chi connectivity index (χ4n) is 1.58. The number of halogens is 2. The topological polar surface area (TPSA) is 26.3 Å². The molecule has 0 aliphatic heterocycles. The molecule has 0 fully saturated rings. The predicted octanol–water partition coefficient (Wildman–Crippen LogP) is 3.72. The third-order valence-electron chi connectivity index (χ3n) is 2.58. The molecule has 0 N–H and O–H groups in total. The van der Waals surface area contributed by atoms with Gasteiger partial charge in [0.05, 0.1) is 0 Å². The Kier molecular flexibility index (Phi) is 4.60. The third kappa shape index (κ3) is 4.02. The predicted molar refractivity (Wildman–Crippen MR) is 71.6 cm³/mol. The Hall–Kier alpha value is -2.49. The number of hydrogen-bond acceptors (Lipinski definition) is 2. The van der Waals surface area contributed by atoms with Crippen LogP contribution in [0.5, 0.6) is 0 Å². The maximum Gasteiger partial charge on any atom is 0.331 e. The molecule has 0 heterocycles. The first kappa shape index (κ1) is 13.9. The van der Waals surface area contributed by atoms with Crippen LogP contribution in [0.3, 0.4) is 0 Å². The number of rotatable bonds is 4. The van der Waals surface area contributed by atoms with Crippen LogP contribution in [0.25, 0.3) is 6.08 Å². The molecule has 0 bridgehead atoms. The van der Waals surface area contributed by atoms with Gasteiger partial charge in [-0.25, -0.2) is 13.6 Å². The van der Waals surface area contributed by atoms with E-state index in [2.05, 4.69) is 0 Å². The summed E-state index contributed by atoms with van der Waals surface area (Å²) in [6.45, 7) is 0.135. The van der Waals surface area contributed by atoms with Crippen LogP contribution in [-0.2, 0) is 16.1 Å². The van der Waals surface area contributed by atoms with Gasteiger partial charge in [0.2, 0.25) is 0 Å². The highest BCUT2D eigenvalue weighted by atomic mass is 19.1. The maximum absolute atomic E-state index is 13.3. The van der Waals surface area contributed by atoms with E-state index >= 15 is 0 Å². The van der Waals surface area contributed by atoms with Crippen LogP contribution in [0, 0.1) is 11.6 Å². The molecule has 20 heavy (non-hydrogen) atoms. The first-order chi connectivity index (χ1) is 9.65. The summed E-state index contributed by atoms with van der Waals surface area (Å²) in [6.07, 6.45) is 2.26. The third-order valence-corrected chi connectivity index (χ3v) is 2.58. The van der Waals surface area contributed by atoms with Gasteiger partial charge in [0.25, 0.3) is 0 Å². The number of benzene rings is 2. The Morgan fingerprint density at radius 2 is 1.85 bits per heavy atom. The molecule has 2 rings (SSSR count). The van der Waals surface area contributed by atoms with E-state index in [-0.39, 0.29) is 12.2 Å². The fraction of sp³-hybridized carbons (Fsp3) is 0.0625. The van der Waals surface area contributed by atoms with E-state index in [1.807, 2.05) is 30.3 Å². The van der Waals surface area contributed by atoms with E-state index in [4.69, 9.17) is 4.74 Å².